The number of imide groups is 1. The largest absolute Gasteiger partial charge is 0.481 e. The molecule has 8 heteroatoms. The highest BCUT2D eigenvalue weighted by Crippen LogP contribution is 2.29. The molecular formula is C12H17N3O5. The lowest BCUT2D eigenvalue weighted by molar-refractivity contribution is -0.154. The summed E-state index contributed by atoms with van der Waals surface area (Å²) in [6.45, 7) is 1.72. The van der Waals surface area contributed by atoms with Gasteiger partial charge in [0.2, 0.25) is 5.91 Å². The molecule has 4 amide bonds. The van der Waals surface area contributed by atoms with Crippen LogP contribution in [0, 0.1) is 5.41 Å². The molecule has 1 atom stereocenters. The van der Waals surface area contributed by atoms with Gasteiger partial charge in [0.15, 0.2) is 0 Å². The average Bonchev–Trinajstić information content (AvgIpc) is 2.70. The van der Waals surface area contributed by atoms with Crippen molar-refractivity contribution < 1.29 is 24.3 Å². The smallest absolute Gasteiger partial charge is 0.325 e. The van der Waals surface area contributed by atoms with Crippen molar-refractivity contribution in [2.24, 2.45) is 5.41 Å². The molecule has 2 N–H and O–H groups in total. The zero-order chi connectivity index (χ0) is 14.9. The fraction of sp³-hybridized carbons (Fsp3) is 0.667. The number of carbonyl (C=O) groups is 4. The Labute approximate surface area is 115 Å². The third kappa shape index (κ3) is 2.59. The number of aliphatic carboxylic acids is 1. The maximum absolute atomic E-state index is 12.1. The molecule has 0 spiro atoms. The van der Waals surface area contributed by atoms with E-state index in [1.807, 2.05) is 0 Å². The number of rotatable bonds is 3. The van der Waals surface area contributed by atoms with Crippen LogP contribution in [0.3, 0.4) is 0 Å². The zero-order valence-corrected chi connectivity index (χ0v) is 11.2. The van der Waals surface area contributed by atoms with Crippen molar-refractivity contribution in [2.45, 2.75) is 19.8 Å². The van der Waals surface area contributed by atoms with Crippen molar-refractivity contribution in [2.75, 3.05) is 26.2 Å². The Morgan fingerprint density at radius 1 is 1.40 bits per heavy atom. The van der Waals surface area contributed by atoms with Crippen LogP contribution in [-0.4, -0.2) is 64.9 Å². The van der Waals surface area contributed by atoms with Gasteiger partial charge in [-0.05, 0) is 19.8 Å². The van der Waals surface area contributed by atoms with E-state index in [2.05, 4.69) is 5.32 Å². The number of nitrogens with zero attached hydrogens (tertiary/aromatic N) is 2. The molecule has 0 aromatic rings. The first-order chi connectivity index (χ1) is 9.33. The monoisotopic (exact) mass is 283 g/mol. The minimum Gasteiger partial charge on any atom is -0.481 e. The molecule has 2 saturated heterocycles. The Morgan fingerprint density at radius 2 is 2.10 bits per heavy atom. The maximum Gasteiger partial charge on any atom is 0.325 e. The topological polar surface area (TPSA) is 107 Å². The number of likely N-dealkylation sites (tertiary alicyclic amines) is 1. The highest BCUT2D eigenvalue weighted by atomic mass is 16.4. The molecule has 0 saturated carbocycles. The summed E-state index contributed by atoms with van der Waals surface area (Å²) < 4.78 is 0. The van der Waals surface area contributed by atoms with Crippen LogP contribution in [0.2, 0.25) is 0 Å². The zero-order valence-electron chi connectivity index (χ0n) is 11.2. The highest BCUT2D eigenvalue weighted by Gasteiger charge is 2.40. The third-order valence-electron chi connectivity index (χ3n) is 3.80. The first-order valence-corrected chi connectivity index (χ1v) is 6.43. The Balaban J connectivity index is 2.01. The predicted octanol–water partition coefficient (Wildman–Crippen LogP) is -0.748. The number of urea groups is 1. The lowest BCUT2D eigenvalue weighted by Crippen LogP contribution is -2.51. The maximum atomic E-state index is 12.1. The SMILES string of the molecule is CC1(C(=O)O)CCCN(C(=O)CN2C(=O)CNC2=O)C1. The van der Waals surface area contributed by atoms with Crippen molar-refractivity contribution in [3.8, 4) is 0 Å². The summed E-state index contributed by atoms with van der Waals surface area (Å²) in [6, 6.07) is -0.582. The molecule has 2 aliphatic rings. The van der Waals surface area contributed by atoms with Crippen molar-refractivity contribution in [1.82, 2.24) is 15.1 Å². The standard InChI is InChI=1S/C12H17N3O5/c1-12(10(18)19)3-2-4-14(7-12)9(17)6-15-8(16)5-13-11(15)20/h2-7H2,1H3,(H,13,20)(H,18,19). The highest BCUT2D eigenvalue weighted by molar-refractivity contribution is 6.04. The number of hydrogen-bond donors (Lipinski definition) is 2. The normalized spacial score (nSPS) is 26.6. The van der Waals surface area contributed by atoms with Crippen molar-refractivity contribution in [3.63, 3.8) is 0 Å². The second-order valence-corrected chi connectivity index (χ2v) is 5.42. The summed E-state index contributed by atoms with van der Waals surface area (Å²) in [4.78, 5) is 48.4. The number of nitrogens with one attached hydrogen (secondary N) is 1. The average molecular weight is 283 g/mol. The van der Waals surface area contributed by atoms with E-state index in [-0.39, 0.29) is 19.6 Å². The van der Waals surface area contributed by atoms with Crippen LogP contribution < -0.4 is 5.32 Å². The van der Waals surface area contributed by atoms with Crippen LogP contribution in [0.4, 0.5) is 4.79 Å². The molecule has 2 rings (SSSR count). The van der Waals surface area contributed by atoms with Gasteiger partial charge in [-0.3, -0.25) is 19.3 Å². The van der Waals surface area contributed by atoms with E-state index in [1.165, 1.54) is 4.90 Å². The van der Waals surface area contributed by atoms with Gasteiger partial charge in [0.05, 0.1) is 12.0 Å². The number of carboxylic acids is 1. The molecule has 110 valence electrons. The molecular weight excluding hydrogens is 266 g/mol. The summed E-state index contributed by atoms with van der Waals surface area (Å²) in [5.41, 5.74) is -0.967. The molecule has 2 fully saturated rings. The lowest BCUT2D eigenvalue weighted by Gasteiger charge is -2.37. The molecule has 0 radical (unpaired) electrons. The Hall–Kier alpha value is -2.12. The number of carbonyl (C=O) groups excluding carboxylic acids is 3. The molecule has 20 heavy (non-hydrogen) atoms. The van der Waals surface area contributed by atoms with E-state index in [4.69, 9.17) is 0 Å². The lowest BCUT2D eigenvalue weighted by atomic mass is 9.82. The number of piperidine rings is 1. The summed E-state index contributed by atoms with van der Waals surface area (Å²) in [5, 5.41) is 11.5. The van der Waals surface area contributed by atoms with Crippen molar-refractivity contribution in [3.05, 3.63) is 0 Å². The first kappa shape index (κ1) is 14.3. The summed E-state index contributed by atoms with van der Waals surface area (Å²) in [7, 11) is 0. The van der Waals surface area contributed by atoms with E-state index in [9.17, 15) is 24.3 Å². The van der Waals surface area contributed by atoms with E-state index in [1.54, 1.807) is 6.92 Å². The number of amides is 4. The van der Waals surface area contributed by atoms with Gasteiger partial charge in [0.1, 0.15) is 6.54 Å². The fourth-order valence-electron chi connectivity index (χ4n) is 2.48. The van der Waals surface area contributed by atoms with Gasteiger partial charge in [-0.2, -0.15) is 0 Å². The van der Waals surface area contributed by atoms with Crippen LogP contribution in [-0.2, 0) is 14.4 Å². The van der Waals surface area contributed by atoms with Gasteiger partial charge in [-0.25, -0.2) is 4.79 Å². The van der Waals surface area contributed by atoms with E-state index < -0.39 is 29.2 Å². The van der Waals surface area contributed by atoms with Crippen LogP contribution in [0.15, 0.2) is 0 Å². The fourth-order valence-corrected chi connectivity index (χ4v) is 2.48. The molecule has 2 aliphatic heterocycles. The molecule has 0 bridgehead atoms. The summed E-state index contributed by atoms with van der Waals surface area (Å²) >= 11 is 0. The van der Waals surface area contributed by atoms with Crippen LogP contribution in [0.5, 0.6) is 0 Å². The van der Waals surface area contributed by atoms with Gasteiger partial charge < -0.3 is 15.3 Å². The van der Waals surface area contributed by atoms with Gasteiger partial charge in [0, 0.05) is 13.1 Å². The molecule has 2 heterocycles. The first-order valence-electron chi connectivity index (χ1n) is 6.43. The van der Waals surface area contributed by atoms with Crippen LogP contribution in [0.25, 0.3) is 0 Å². The van der Waals surface area contributed by atoms with Crippen LogP contribution >= 0.6 is 0 Å². The van der Waals surface area contributed by atoms with E-state index in [0.717, 1.165) is 4.90 Å². The molecule has 8 nitrogen and oxygen atoms in total. The predicted molar refractivity (Wildman–Crippen MR) is 66.7 cm³/mol. The van der Waals surface area contributed by atoms with Crippen LogP contribution in [0.1, 0.15) is 19.8 Å². The van der Waals surface area contributed by atoms with Crippen molar-refractivity contribution in [1.29, 1.82) is 0 Å². The van der Waals surface area contributed by atoms with Gasteiger partial charge in [-0.1, -0.05) is 0 Å². The Bertz CT molecular complexity index is 462. The summed E-state index contributed by atoms with van der Waals surface area (Å²) in [6.07, 6.45) is 1.10. The molecule has 0 aliphatic carbocycles. The van der Waals surface area contributed by atoms with Crippen molar-refractivity contribution >= 4 is 23.8 Å². The van der Waals surface area contributed by atoms with Gasteiger partial charge in [0.25, 0.3) is 5.91 Å². The Morgan fingerprint density at radius 3 is 2.65 bits per heavy atom. The second-order valence-electron chi connectivity index (χ2n) is 5.42. The summed E-state index contributed by atoms with van der Waals surface area (Å²) in [5.74, 6) is -1.78. The molecule has 0 aromatic heterocycles. The molecule has 1 unspecified atom stereocenters. The van der Waals surface area contributed by atoms with Gasteiger partial charge in [-0.15, -0.1) is 0 Å². The second kappa shape index (κ2) is 5.10. The minimum absolute atomic E-state index is 0.0983. The van der Waals surface area contributed by atoms with E-state index >= 15 is 0 Å². The van der Waals surface area contributed by atoms with E-state index in [0.29, 0.717) is 19.4 Å². The quantitative estimate of drug-likeness (QED) is 0.663. The third-order valence-corrected chi connectivity index (χ3v) is 3.80. The van der Waals surface area contributed by atoms with Gasteiger partial charge >= 0.3 is 12.0 Å². The Kier molecular flexibility index (Phi) is 3.65. The minimum atomic E-state index is -0.967. The number of carboxylic acid groups (broad SMARTS) is 1. The molecule has 0 aromatic carbocycles. The number of hydrogen-bond acceptors (Lipinski definition) is 4.